The minimum absolute atomic E-state index is 0.0637. The lowest BCUT2D eigenvalue weighted by atomic mass is 10.1. The summed E-state index contributed by atoms with van der Waals surface area (Å²) in [6.45, 7) is 1.79. The van der Waals surface area contributed by atoms with Crippen LogP contribution in [0.1, 0.15) is 17.5 Å². The van der Waals surface area contributed by atoms with Gasteiger partial charge in [-0.25, -0.2) is 0 Å². The fourth-order valence-electron chi connectivity index (χ4n) is 2.77. The Kier molecular flexibility index (Phi) is 5.94. The predicted molar refractivity (Wildman–Crippen MR) is 99.7 cm³/mol. The van der Waals surface area contributed by atoms with Crippen molar-refractivity contribution in [2.45, 2.75) is 25.6 Å². The van der Waals surface area contributed by atoms with E-state index in [1.54, 1.807) is 7.11 Å². The van der Waals surface area contributed by atoms with Crippen LogP contribution in [0.3, 0.4) is 0 Å². The normalized spacial score (nSPS) is 16.6. The summed E-state index contributed by atoms with van der Waals surface area (Å²) >= 11 is 3.57. The molecule has 0 bridgehead atoms. The van der Waals surface area contributed by atoms with Crippen molar-refractivity contribution in [1.82, 2.24) is 10.6 Å². The van der Waals surface area contributed by atoms with E-state index in [1.807, 2.05) is 42.5 Å². The molecule has 0 radical (unpaired) electrons. The van der Waals surface area contributed by atoms with E-state index in [4.69, 9.17) is 9.47 Å². The molecule has 5 nitrogen and oxygen atoms in total. The summed E-state index contributed by atoms with van der Waals surface area (Å²) in [7, 11) is 1.62. The molecule has 6 heteroatoms. The Hall–Kier alpha value is -2.05. The highest BCUT2D eigenvalue weighted by molar-refractivity contribution is 9.10. The second kappa shape index (κ2) is 8.36. The fourth-order valence-corrected chi connectivity index (χ4v) is 3.38. The molecule has 0 aromatic heterocycles. The molecule has 1 heterocycles. The van der Waals surface area contributed by atoms with Crippen LogP contribution in [0.4, 0.5) is 0 Å². The van der Waals surface area contributed by atoms with Gasteiger partial charge >= 0.3 is 0 Å². The minimum atomic E-state index is -0.126. The fraction of sp³-hybridized carbons (Fsp3) is 0.316. The predicted octanol–water partition coefficient (Wildman–Crippen LogP) is 3.01. The van der Waals surface area contributed by atoms with Crippen molar-refractivity contribution >= 4 is 21.8 Å². The molecular formula is C19H21BrN2O3. The molecule has 1 atom stereocenters. The third-order valence-corrected chi connectivity index (χ3v) is 4.71. The van der Waals surface area contributed by atoms with Gasteiger partial charge in [0, 0.05) is 13.1 Å². The highest BCUT2D eigenvalue weighted by atomic mass is 79.9. The number of carbonyl (C=O) groups excluding carboxylic acids is 1. The van der Waals surface area contributed by atoms with E-state index < -0.39 is 0 Å². The van der Waals surface area contributed by atoms with Gasteiger partial charge in [0.05, 0.1) is 17.6 Å². The van der Waals surface area contributed by atoms with Crippen LogP contribution in [0.2, 0.25) is 0 Å². The maximum absolute atomic E-state index is 11.6. The lowest BCUT2D eigenvalue weighted by Crippen LogP contribution is -2.35. The number of carbonyl (C=O) groups is 1. The number of hydrogen-bond donors (Lipinski definition) is 2. The van der Waals surface area contributed by atoms with Gasteiger partial charge < -0.3 is 20.1 Å². The standard InChI is InChI=1S/C19H21BrN2O3/c1-24-17-10-14(11-22-16-7-8-21-19(16)23)9-15(20)18(17)25-12-13-5-3-2-4-6-13/h2-6,9-10,16,22H,7-8,11-12H2,1H3,(H,21,23). The van der Waals surface area contributed by atoms with Crippen LogP contribution in [0, 0.1) is 0 Å². The largest absolute Gasteiger partial charge is 0.493 e. The summed E-state index contributed by atoms with van der Waals surface area (Å²) in [4.78, 5) is 11.6. The molecule has 1 fully saturated rings. The summed E-state index contributed by atoms with van der Waals surface area (Å²) in [5, 5.41) is 6.10. The first-order valence-corrected chi connectivity index (χ1v) is 9.01. The van der Waals surface area contributed by atoms with Crippen molar-refractivity contribution in [1.29, 1.82) is 0 Å². The van der Waals surface area contributed by atoms with Crippen molar-refractivity contribution in [3.8, 4) is 11.5 Å². The van der Waals surface area contributed by atoms with Gasteiger partial charge in [-0.3, -0.25) is 4.79 Å². The quantitative estimate of drug-likeness (QED) is 0.744. The third kappa shape index (κ3) is 4.52. The van der Waals surface area contributed by atoms with Gasteiger partial charge in [-0.2, -0.15) is 0 Å². The average molecular weight is 405 g/mol. The Morgan fingerprint density at radius 3 is 2.72 bits per heavy atom. The highest BCUT2D eigenvalue weighted by Crippen LogP contribution is 2.37. The van der Waals surface area contributed by atoms with Crippen molar-refractivity contribution in [2.24, 2.45) is 0 Å². The zero-order chi connectivity index (χ0) is 17.6. The molecule has 2 N–H and O–H groups in total. The summed E-state index contributed by atoms with van der Waals surface area (Å²) in [6, 6.07) is 13.8. The molecule has 0 spiro atoms. The van der Waals surface area contributed by atoms with Gasteiger partial charge in [-0.15, -0.1) is 0 Å². The van der Waals surface area contributed by atoms with Crippen LogP contribution in [-0.2, 0) is 17.9 Å². The molecule has 1 aliphatic heterocycles. The first kappa shape index (κ1) is 17.8. The summed E-state index contributed by atoms with van der Waals surface area (Å²) in [5.74, 6) is 1.40. The summed E-state index contributed by atoms with van der Waals surface area (Å²) in [5.41, 5.74) is 2.12. The van der Waals surface area contributed by atoms with Gasteiger partial charge in [-0.05, 0) is 45.6 Å². The molecule has 1 amide bonds. The first-order chi connectivity index (χ1) is 12.2. The van der Waals surface area contributed by atoms with Gasteiger partial charge in [0.1, 0.15) is 6.61 Å². The lowest BCUT2D eigenvalue weighted by Gasteiger charge is -2.16. The van der Waals surface area contributed by atoms with Crippen LogP contribution >= 0.6 is 15.9 Å². The number of benzene rings is 2. The number of hydrogen-bond acceptors (Lipinski definition) is 4. The van der Waals surface area contributed by atoms with E-state index in [1.165, 1.54) is 0 Å². The molecule has 0 aliphatic carbocycles. The zero-order valence-electron chi connectivity index (χ0n) is 14.0. The Balaban J connectivity index is 1.68. The number of rotatable bonds is 7. The van der Waals surface area contributed by atoms with Gasteiger partial charge in [0.25, 0.3) is 0 Å². The van der Waals surface area contributed by atoms with Crippen molar-refractivity contribution in [3.63, 3.8) is 0 Å². The smallest absolute Gasteiger partial charge is 0.237 e. The van der Waals surface area contributed by atoms with Gasteiger partial charge in [0.2, 0.25) is 5.91 Å². The van der Waals surface area contributed by atoms with Crippen LogP contribution in [0.15, 0.2) is 46.9 Å². The van der Waals surface area contributed by atoms with E-state index in [0.717, 1.165) is 28.6 Å². The van der Waals surface area contributed by atoms with Gasteiger partial charge in [-0.1, -0.05) is 30.3 Å². The SMILES string of the molecule is COc1cc(CNC2CCNC2=O)cc(Br)c1OCc1ccccc1. The minimum Gasteiger partial charge on any atom is -0.493 e. The average Bonchev–Trinajstić information content (AvgIpc) is 3.04. The maximum Gasteiger partial charge on any atom is 0.237 e. The van der Waals surface area contributed by atoms with Crippen LogP contribution in [0.25, 0.3) is 0 Å². The zero-order valence-corrected chi connectivity index (χ0v) is 15.6. The molecule has 2 aromatic carbocycles. The highest BCUT2D eigenvalue weighted by Gasteiger charge is 2.23. The molecule has 2 aromatic rings. The van der Waals surface area contributed by atoms with E-state index in [2.05, 4.69) is 26.6 Å². The third-order valence-electron chi connectivity index (χ3n) is 4.12. The van der Waals surface area contributed by atoms with Crippen molar-refractivity contribution in [2.75, 3.05) is 13.7 Å². The van der Waals surface area contributed by atoms with Crippen LogP contribution < -0.4 is 20.1 Å². The number of methoxy groups -OCH3 is 1. The molecule has 132 valence electrons. The van der Waals surface area contributed by atoms with E-state index >= 15 is 0 Å². The van der Waals surface area contributed by atoms with Crippen molar-refractivity contribution in [3.05, 3.63) is 58.1 Å². The number of amides is 1. The molecule has 1 aliphatic rings. The first-order valence-electron chi connectivity index (χ1n) is 8.21. The maximum atomic E-state index is 11.6. The molecule has 1 unspecified atom stereocenters. The number of ether oxygens (including phenoxy) is 2. The second-order valence-corrected chi connectivity index (χ2v) is 6.75. The number of halogens is 1. The topological polar surface area (TPSA) is 59.6 Å². The lowest BCUT2D eigenvalue weighted by molar-refractivity contribution is -0.120. The van der Waals surface area contributed by atoms with E-state index in [9.17, 15) is 4.79 Å². The molecular weight excluding hydrogens is 384 g/mol. The molecule has 0 saturated carbocycles. The monoisotopic (exact) mass is 404 g/mol. The van der Waals surface area contributed by atoms with E-state index in [0.29, 0.717) is 24.7 Å². The van der Waals surface area contributed by atoms with E-state index in [-0.39, 0.29) is 11.9 Å². The summed E-state index contributed by atoms with van der Waals surface area (Å²) < 4.78 is 12.3. The molecule has 25 heavy (non-hydrogen) atoms. The number of nitrogens with one attached hydrogen (secondary N) is 2. The van der Waals surface area contributed by atoms with Crippen LogP contribution in [-0.4, -0.2) is 25.6 Å². The van der Waals surface area contributed by atoms with Gasteiger partial charge in [0.15, 0.2) is 11.5 Å². The second-order valence-electron chi connectivity index (χ2n) is 5.90. The molecule has 3 rings (SSSR count). The Morgan fingerprint density at radius 1 is 1.24 bits per heavy atom. The Labute approximate surface area is 155 Å². The Bertz CT molecular complexity index is 737. The summed E-state index contributed by atoms with van der Waals surface area (Å²) in [6.07, 6.45) is 0.815. The Morgan fingerprint density at radius 2 is 2.04 bits per heavy atom. The van der Waals surface area contributed by atoms with Crippen molar-refractivity contribution < 1.29 is 14.3 Å². The molecule has 1 saturated heterocycles. The van der Waals surface area contributed by atoms with Crippen LogP contribution in [0.5, 0.6) is 11.5 Å².